The number of rotatable bonds is 2. The Kier molecular flexibility index (Phi) is 2.85. The van der Waals surface area contributed by atoms with Crippen molar-refractivity contribution in [1.29, 1.82) is 0 Å². The van der Waals surface area contributed by atoms with Gasteiger partial charge < -0.3 is 5.32 Å². The Morgan fingerprint density at radius 2 is 2.27 bits per heavy atom. The second-order valence-electron chi connectivity index (χ2n) is 3.11. The summed E-state index contributed by atoms with van der Waals surface area (Å²) < 4.78 is 0.841. The van der Waals surface area contributed by atoms with Crippen molar-refractivity contribution in [2.24, 2.45) is 4.99 Å². The monoisotopic (exact) mass is 317 g/mol. The van der Waals surface area contributed by atoms with Crippen molar-refractivity contribution >= 4 is 34.1 Å². The Bertz CT molecular complexity index is 445. The highest BCUT2D eigenvalue weighted by Gasteiger charge is 2.14. The van der Waals surface area contributed by atoms with E-state index in [4.69, 9.17) is 0 Å². The fourth-order valence-corrected chi connectivity index (χ4v) is 2.06. The van der Waals surface area contributed by atoms with E-state index in [0.29, 0.717) is 0 Å². The molecule has 78 valence electrons. The molecule has 0 unspecified atom stereocenters. The SMILES string of the molecule is O=[N+]([O-])c1cc(I)cc(C2=NCCN2)c1. The van der Waals surface area contributed by atoms with Crippen molar-refractivity contribution in [1.82, 2.24) is 5.32 Å². The first kappa shape index (κ1) is 10.3. The van der Waals surface area contributed by atoms with Crippen LogP contribution in [0.25, 0.3) is 0 Å². The van der Waals surface area contributed by atoms with Crippen LogP contribution in [0.1, 0.15) is 5.56 Å². The minimum Gasteiger partial charge on any atom is -0.368 e. The van der Waals surface area contributed by atoms with Crippen molar-refractivity contribution in [3.63, 3.8) is 0 Å². The zero-order valence-corrected chi connectivity index (χ0v) is 9.89. The number of nitro groups is 1. The zero-order chi connectivity index (χ0) is 10.8. The number of nitrogens with zero attached hydrogens (tertiary/aromatic N) is 2. The van der Waals surface area contributed by atoms with E-state index < -0.39 is 0 Å². The number of nitro benzene ring substituents is 1. The van der Waals surface area contributed by atoms with E-state index in [1.807, 2.05) is 6.07 Å². The molecule has 6 heteroatoms. The fraction of sp³-hybridized carbons (Fsp3) is 0.222. The molecule has 2 rings (SSSR count). The molecule has 1 aliphatic heterocycles. The predicted octanol–water partition coefficient (Wildman–Crippen LogP) is 1.55. The molecular formula is C9H8IN3O2. The van der Waals surface area contributed by atoms with Gasteiger partial charge in [0.25, 0.3) is 5.69 Å². The van der Waals surface area contributed by atoms with Gasteiger partial charge in [0.15, 0.2) is 0 Å². The largest absolute Gasteiger partial charge is 0.368 e. The van der Waals surface area contributed by atoms with Crippen molar-refractivity contribution in [2.45, 2.75) is 0 Å². The molecule has 0 atom stereocenters. The lowest BCUT2D eigenvalue weighted by atomic mass is 10.2. The van der Waals surface area contributed by atoms with Gasteiger partial charge in [-0.1, -0.05) is 0 Å². The highest BCUT2D eigenvalue weighted by Crippen LogP contribution is 2.19. The third kappa shape index (κ3) is 2.25. The van der Waals surface area contributed by atoms with E-state index in [-0.39, 0.29) is 10.6 Å². The van der Waals surface area contributed by atoms with E-state index >= 15 is 0 Å². The molecule has 0 radical (unpaired) electrons. The van der Waals surface area contributed by atoms with Crippen molar-refractivity contribution in [3.8, 4) is 0 Å². The maximum absolute atomic E-state index is 10.7. The van der Waals surface area contributed by atoms with Crippen LogP contribution < -0.4 is 5.32 Å². The highest BCUT2D eigenvalue weighted by molar-refractivity contribution is 14.1. The molecule has 5 nitrogen and oxygen atoms in total. The maximum atomic E-state index is 10.7. The van der Waals surface area contributed by atoms with Gasteiger partial charge in [0.05, 0.1) is 11.5 Å². The Hall–Kier alpha value is -1.18. The summed E-state index contributed by atoms with van der Waals surface area (Å²) in [6.45, 7) is 1.53. The summed E-state index contributed by atoms with van der Waals surface area (Å²) in [6, 6.07) is 4.96. The Morgan fingerprint density at radius 3 is 2.87 bits per heavy atom. The molecule has 1 aromatic rings. The Balaban J connectivity index is 2.43. The van der Waals surface area contributed by atoms with Crippen LogP contribution in [-0.4, -0.2) is 23.8 Å². The molecule has 0 amide bonds. The first-order valence-corrected chi connectivity index (χ1v) is 5.48. The summed E-state index contributed by atoms with van der Waals surface area (Å²) in [5.74, 6) is 0.747. The average Bonchev–Trinajstić information content (AvgIpc) is 2.69. The number of amidine groups is 1. The lowest BCUT2D eigenvalue weighted by molar-refractivity contribution is -0.385. The van der Waals surface area contributed by atoms with E-state index in [1.54, 1.807) is 12.1 Å². The molecular weight excluding hydrogens is 309 g/mol. The van der Waals surface area contributed by atoms with Gasteiger partial charge in [-0.3, -0.25) is 15.1 Å². The first-order valence-electron chi connectivity index (χ1n) is 4.40. The molecule has 0 aromatic heterocycles. The molecule has 0 spiro atoms. The standard InChI is InChI=1S/C9H8IN3O2/c10-7-3-6(9-11-1-2-12-9)4-8(5-7)13(14)15/h3-5H,1-2H2,(H,11,12). The fourth-order valence-electron chi connectivity index (χ4n) is 1.41. The number of benzene rings is 1. The molecule has 0 aliphatic carbocycles. The number of aliphatic imine (C=N–C) groups is 1. The van der Waals surface area contributed by atoms with Gasteiger partial charge >= 0.3 is 0 Å². The van der Waals surface area contributed by atoms with Gasteiger partial charge in [-0.2, -0.15) is 0 Å². The summed E-state index contributed by atoms with van der Waals surface area (Å²) in [6.07, 6.45) is 0. The molecule has 1 N–H and O–H groups in total. The Labute approximate surface area is 99.9 Å². The smallest absolute Gasteiger partial charge is 0.271 e. The lowest BCUT2D eigenvalue weighted by Gasteiger charge is -2.02. The normalized spacial score (nSPS) is 14.6. The minimum atomic E-state index is -0.388. The summed E-state index contributed by atoms with van der Waals surface area (Å²) >= 11 is 2.06. The number of hydrogen-bond acceptors (Lipinski definition) is 4. The quantitative estimate of drug-likeness (QED) is 0.511. The van der Waals surface area contributed by atoms with Gasteiger partial charge in [0.1, 0.15) is 5.84 Å². The third-order valence-corrected chi connectivity index (χ3v) is 2.66. The van der Waals surface area contributed by atoms with Crippen LogP contribution in [0, 0.1) is 13.7 Å². The molecule has 0 saturated carbocycles. The van der Waals surface area contributed by atoms with Gasteiger partial charge in [-0.05, 0) is 28.7 Å². The van der Waals surface area contributed by atoms with E-state index in [2.05, 4.69) is 32.9 Å². The Morgan fingerprint density at radius 1 is 1.47 bits per heavy atom. The van der Waals surface area contributed by atoms with Crippen LogP contribution in [0.2, 0.25) is 0 Å². The number of nitrogens with one attached hydrogen (secondary N) is 1. The number of halogens is 1. The minimum absolute atomic E-state index is 0.105. The number of hydrogen-bond donors (Lipinski definition) is 1. The molecule has 0 saturated heterocycles. The van der Waals surface area contributed by atoms with Crippen molar-refractivity contribution in [2.75, 3.05) is 13.1 Å². The topological polar surface area (TPSA) is 67.5 Å². The summed E-state index contributed by atoms with van der Waals surface area (Å²) in [5, 5.41) is 13.8. The van der Waals surface area contributed by atoms with Crippen molar-refractivity contribution < 1.29 is 4.92 Å². The van der Waals surface area contributed by atoms with Gasteiger partial charge in [0.2, 0.25) is 0 Å². The summed E-state index contributed by atoms with van der Waals surface area (Å²) in [5.41, 5.74) is 0.888. The highest BCUT2D eigenvalue weighted by atomic mass is 127. The van der Waals surface area contributed by atoms with Crippen LogP contribution in [0.15, 0.2) is 23.2 Å². The molecule has 1 aliphatic rings. The van der Waals surface area contributed by atoms with Gasteiger partial charge in [-0.25, -0.2) is 0 Å². The predicted molar refractivity (Wildman–Crippen MR) is 65.2 cm³/mol. The molecule has 0 bridgehead atoms. The first-order chi connectivity index (χ1) is 7.16. The van der Waals surface area contributed by atoms with E-state index in [1.165, 1.54) is 0 Å². The molecule has 1 aromatic carbocycles. The summed E-state index contributed by atoms with van der Waals surface area (Å²) in [7, 11) is 0. The van der Waals surface area contributed by atoms with Crippen LogP contribution in [-0.2, 0) is 0 Å². The van der Waals surface area contributed by atoms with Crippen LogP contribution in [0.5, 0.6) is 0 Å². The van der Waals surface area contributed by atoms with Crippen LogP contribution >= 0.6 is 22.6 Å². The lowest BCUT2D eigenvalue weighted by Crippen LogP contribution is -2.19. The van der Waals surface area contributed by atoms with E-state index in [0.717, 1.165) is 28.1 Å². The second kappa shape index (κ2) is 4.13. The second-order valence-corrected chi connectivity index (χ2v) is 4.36. The van der Waals surface area contributed by atoms with Crippen molar-refractivity contribution in [3.05, 3.63) is 37.4 Å². The average molecular weight is 317 g/mol. The zero-order valence-electron chi connectivity index (χ0n) is 7.74. The van der Waals surface area contributed by atoms with Gasteiger partial charge in [0, 0.05) is 27.8 Å². The van der Waals surface area contributed by atoms with Gasteiger partial charge in [-0.15, -0.1) is 0 Å². The van der Waals surface area contributed by atoms with Crippen LogP contribution in [0.3, 0.4) is 0 Å². The molecule has 1 heterocycles. The molecule has 0 fully saturated rings. The van der Waals surface area contributed by atoms with E-state index in [9.17, 15) is 10.1 Å². The molecule has 15 heavy (non-hydrogen) atoms. The maximum Gasteiger partial charge on any atom is 0.271 e. The number of non-ortho nitro benzene ring substituents is 1. The third-order valence-electron chi connectivity index (χ3n) is 2.04. The summed E-state index contributed by atoms with van der Waals surface area (Å²) in [4.78, 5) is 14.5. The van der Waals surface area contributed by atoms with Crippen LogP contribution in [0.4, 0.5) is 5.69 Å².